The Hall–Kier alpha value is -1.83. The Bertz CT molecular complexity index is 543. The number of amides is 3. The maximum atomic E-state index is 11.6. The van der Waals surface area contributed by atoms with E-state index < -0.39 is 11.8 Å². The molecule has 0 radical (unpaired) electrons. The standard InChI is InChI=1S/C12H15BrN4O3/c1-6-2-8(6)11(19)15-5-10(18)16-17-12(20)9-3-7(13)4-14-9/h3-4,6,8,14H,2,5H2,1H3,(H,15,19)(H,16,18)(H,17,20)/t6-,8+/m0/s1. The lowest BCUT2D eigenvalue weighted by Crippen LogP contribution is -2.46. The van der Waals surface area contributed by atoms with Crippen molar-refractivity contribution in [1.82, 2.24) is 21.2 Å². The number of aromatic amines is 1. The van der Waals surface area contributed by atoms with Crippen molar-refractivity contribution in [2.45, 2.75) is 13.3 Å². The van der Waals surface area contributed by atoms with Crippen LogP contribution in [0, 0.1) is 11.8 Å². The van der Waals surface area contributed by atoms with Gasteiger partial charge in [-0.3, -0.25) is 25.2 Å². The van der Waals surface area contributed by atoms with Crippen molar-refractivity contribution >= 4 is 33.7 Å². The number of halogens is 1. The van der Waals surface area contributed by atoms with Crippen LogP contribution in [-0.4, -0.2) is 29.3 Å². The largest absolute Gasteiger partial charge is 0.356 e. The molecular formula is C12H15BrN4O3. The number of hydrogen-bond donors (Lipinski definition) is 4. The lowest BCUT2D eigenvalue weighted by molar-refractivity contribution is -0.127. The molecule has 1 aliphatic carbocycles. The Kier molecular flexibility index (Phi) is 4.43. The molecular weight excluding hydrogens is 328 g/mol. The number of carbonyl (C=O) groups excluding carboxylic acids is 3. The maximum absolute atomic E-state index is 11.6. The zero-order valence-corrected chi connectivity index (χ0v) is 12.4. The Morgan fingerprint density at radius 1 is 1.40 bits per heavy atom. The van der Waals surface area contributed by atoms with Gasteiger partial charge >= 0.3 is 0 Å². The highest BCUT2D eigenvalue weighted by molar-refractivity contribution is 9.10. The summed E-state index contributed by atoms with van der Waals surface area (Å²) in [5, 5.41) is 2.52. The van der Waals surface area contributed by atoms with Gasteiger partial charge in [-0.15, -0.1) is 0 Å². The molecule has 8 heteroatoms. The average Bonchev–Trinajstić information content (AvgIpc) is 2.98. The molecule has 0 bridgehead atoms. The van der Waals surface area contributed by atoms with Gasteiger partial charge < -0.3 is 10.3 Å². The van der Waals surface area contributed by atoms with E-state index in [-0.39, 0.29) is 18.4 Å². The molecule has 0 unspecified atom stereocenters. The summed E-state index contributed by atoms with van der Waals surface area (Å²) in [6, 6.07) is 1.58. The first-order chi connectivity index (χ1) is 9.47. The van der Waals surface area contributed by atoms with Crippen LogP contribution in [0.4, 0.5) is 0 Å². The lowest BCUT2D eigenvalue weighted by Gasteiger charge is -2.07. The molecule has 2 rings (SSSR count). The van der Waals surface area contributed by atoms with Gasteiger partial charge in [0, 0.05) is 16.6 Å². The number of aromatic nitrogens is 1. The van der Waals surface area contributed by atoms with Gasteiger partial charge in [-0.1, -0.05) is 6.92 Å². The average molecular weight is 343 g/mol. The van der Waals surface area contributed by atoms with Crippen LogP contribution >= 0.6 is 15.9 Å². The van der Waals surface area contributed by atoms with E-state index in [9.17, 15) is 14.4 Å². The number of H-pyrrole nitrogens is 1. The molecule has 7 nitrogen and oxygen atoms in total. The highest BCUT2D eigenvalue weighted by atomic mass is 79.9. The minimum absolute atomic E-state index is 0.0219. The van der Waals surface area contributed by atoms with Crippen molar-refractivity contribution in [2.75, 3.05) is 6.54 Å². The molecule has 2 atom stereocenters. The molecule has 1 fully saturated rings. The van der Waals surface area contributed by atoms with Crippen LogP contribution in [0.5, 0.6) is 0 Å². The lowest BCUT2D eigenvalue weighted by atomic mass is 10.3. The Labute approximate surface area is 124 Å². The van der Waals surface area contributed by atoms with Gasteiger partial charge in [0.15, 0.2) is 0 Å². The summed E-state index contributed by atoms with van der Waals surface area (Å²) in [5.41, 5.74) is 4.79. The van der Waals surface area contributed by atoms with Gasteiger partial charge in [0.05, 0.1) is 6.54 Å². The topological polar surface area (TPSA) is 103 Å². The molecule has 0 saturated heterocycles. The summed E-state index contributed by atoms with van der Waals surface area (Å²) >= 11 is 3.20. The third-order valence-corrected chi connectivity index (χ3v) is 3.54. The van der Waals surface area contributed by atoms with Crippen molar-refractivity contribution in [3.8, 4) is 0 Å². The normalized spacial score (nSPS) is 20.1. The minimum atomic E-state index is -0.481. The van der Waals surface area contributed by atoms with Crippen molar-refractivity contribution in [2.24, 2.45) is 11.8 Å². The van der Waals surface area contributed by atoms with Crippen LogP contribution in [0.15, 0.2) is 16.7 Å². The Balaban J connectivity index is 1.67. The highest BCUT2D eigenvalue weighted by Gasteiger charge is 2.38. The van der Waals surface area contributed by atoms with Crippen LogP contribution in [-0.2, 0) is 9.59 Å². The number of carbonyl (C=O) groups is 3. The van der Waals surface area contributed by atoms with E-state index in [1.54, 1.807) is 12.3 Å². The second-order valence-corrected chi connectivity index (χ2v) is 5.69. The predicted octanol–water partition coefficient (Wildman–Crippen LogP) is 0.310. The van der Waals surface area contributed by atoms with Crippen LogP contribution in [0.25, 0.3) is 0 Å². The number of hydrogen-bond acceptors (Lipinski definition) is 3. The monoisotopic (exact) mass is 342 g/mol. The van der Waals surface area contributed by atoms with E-state index >= 15 is 0 Å². The van der Waals surface area contributed by atoms with Gasteiger partial charge in [0.25, 0.3) is 11.8 Å². The van der Waals surface area contributed by atoms with E-state index in [2.05, 4.69) is 37.1 Å². The molecule has 1 aromatic rings. The number of nitrogens with one attached hydrogen (secondary N) is 4. The molecule has 1 aromatic heterocycles. The zero-order chi connectivity index (χ0) is 14.7. The summed E-state index contributed by atoms with van der Waals surface area (Å²) in [4.78, 5) is 37.3. The van der Waals surface area contributed by atoms with Crippen molar-refractivity contribution in [3.63, 3.8) is 0 Å². The van der Waals surface area contributed by atoms with Gasteiger partial charge in [0.2, 0.25) is 5.91 Å². The van der Waals surface area contributed by atoms with Crippen molar-refractivity contribution in [3.05, 3.63) is 22.4 Å². The molecule has 4 N–H and O–H groups in total. The number of hydrazine groups is 1. The highest BCUT2D eigenvalue weighted by Crippen LogP contribution is 2.37. The fourth-order valence-electron chi connectivity index (χ4n) is 1.72. The van der Waals surface area contributed by atoms with Gasteiger partial charge in [-0.05, 0) is 34.3 Å². The molecule has 0 aliphatic heterocycles. The second-order valence-electron chi connectivity index (χ2n) is 4.77. The molecule has 1 heterocycles. The van der Waals surface area contributed by atoms with Crippen molar-refractivity contribution in [1.29, 1.82) is 0 Å². The van der Waals surface area contributed by atoms with Gasteiger partial charge in [-0.25, -0.2) is 0 Å². The third kappa shape index (κ3) is 3.83. The smallest absolute Gasteiger partial charge is 0.286 e. The first kappa shape index (κ1) is 14.6. The minimum Gasteiger partial charge on any atom is -0.356 e. The van der Waals surface area contributed by atoms with Crippen LogP contribution in [0.1, 0.15) is 23.8 Å². The second kappa shape index (κ2) is 6.08. The first-order valence-electron chi connectivity index (χ1n) is 6.18. The Morgan fingerprint density at radius 3 is 2.65 bits per heavy atom. The summed E-state index contributed by atoms with van der Waals surface area (Å²) in [7, 11) is 0. The predicted molar refractivity (Wildman–Crippen MR) is 74.4 cm³/mol. The van der Waals surface area contributed by atoms with Crippen LogP contribution in [0.2, 0.25) is 0 Å². The molecule has 3 amide bonds. The summed E-state index contributed by atoms with van der Waals surface area (Å²) in [6.45, 7) is 1.83. The molecule has 1 saturated carbocycles. The van der Waals surface area contributed by atoms with E-state index in [0.29, 0.717) is 11.6 Å². The molecule has 0 aromatic carbocycles. The zero-order valence-electron chi connectivity index (χ0n) is 10.8. The Morgan fingerprint density at radius 2 is 2.10 bits per heavy atom. The maximum Gasteiger partial charge on any atom is 0.286 e. The number of rotatable bonds is 4. The fourth-order valence-corrected chi connectivity index (χ4v) is 2.07. The van der Waals surface area contributed by atoms with Gasteiger partial charge in [-0.2, -0.15) is 0 Å². The SMILES string of the molecule is C[C@H]1C[C@H]1C(=O)NCC(=O)NNC(=O)c1cc(Br)c[nH]1. The van der Waals surface area contributed by atoms with Crippen LogP contribution < -0.4 is 16.2 Å². The van der Waals surface area contributed by atoms with E-state index in [1.165, 1.54) is 0 Å². The summed E-state index contributed by atoms with van der Waals surface area (Å²) < 4.78 is 0.736. The fraction of sp³-hybridized carbons (Fsp3) is 0.417. The summed E-state index contributed by atoms with van der Waals surface area (Å²) in [6.07, 6.45) is 2.47. The van der Waals surface area contributed by atoms with Gasteiger partial charge in [0.1, 0.15) is 5.69 Å². The molecule has 0 spiro atoms. The van der Waals surface area contributed by atoms with Crippen molar-refractivity contribution < 1.29 is 14.4 Å². The third-order valence-electron chi connectivity index (χ3n) is 3.08. The molecule has 20 heavy (non-hydrogen) atoms. The van der Waals surface area contributed by atoms with E-state index in [1.807, 2.05) is 6.92 Å². The first-order valence-corrected chi connectivity index (χ1v) is 6.97. The molecule has 1 aliphatic rings. The van der Waals surface area contributed by atoms with E-state index in [4.69, 9.17) is 0 Å². The van der Waals surface area contributed by atoms with E-state index in [0.717, 1.165) is 10.9 Å². The summed E-state index contributed by atoms with van der Waals surface area (Å²) in [5.74, 6) is -0.651. The van der Waals surface area contributed by atoms with Crippen LogP contribution in [0.3, 0.4) is 0 Å². The quantitative estimate of drug-likeness (QED) is 0.592. The molecule has 108 valence electrons.